The summed E-state index contributed by atoms with van der Waals surface area (Å²) in [5.74, 6) is -1.44. The monoisotopic (exact) mass is 238 g/mol. The van der Waals surface area contributed by atoms with Gasteiger partial charge in [0.15, 0.2) is 0 Å². The Morgan fingerprint density at radius 1 is 1.47 bits per heavy atom. The van der Waals surface area contributed by atoms with Gasteiger partial charge < -0.3 is 9.84 Å². The van der Waals surface area contributed by atoms with Crippen molar-refractivity contribution in [3.63, 3.8) is 0 Å². The topological polar surface area (TPSA) is 63.6 Å². The highest BCUT2D eigenvalue weighted by Crippen LogP contribution is 2.15. The average molecular weight is 238 g/mol. The van der Waals surface area contributed by atoms with E-state index in [-0.39, 0.29) is 23.5 Å². The van der Waals surface area contributed by atoms with Gasteiger partial charge in [0.05, 0.1) is 0 Å². The summed E-state index contributed by atoms with van der Waals surface area (Å²) in [5, 5.41) is 8.58. The van der Waals surface area contributed by atoms with E-state index >= 15 is 0 Å². The van der Waals surface area contributed by atoms with Gasteiger partial charge in [0.25, 0.3) is 0 Å². The van der Waals surface area contributed by atoms with Crippen LogP contribution >= 0.6 is 0 Å². The predicted octanol–water partition coefficient (Wildman–Crippen LogP) is 2.05. The van der Waals surface area contributed by atoms with Crippen molar-refractivity contribution in [3.8, 4) is 5.75 Å². The van der Waals surface area contributed by atoms with Gasteiger partial charge in [-0.2, -0.15) is 0 Å². The largest absolute Gasteiger partial charge is 0.489 e. The van der Waals surface area contributed by atoms with Crippen LogP contribution in [0.4, 0.5) is 4.39 Å². The number of ether oxygens (including phenoxy) is 1. The fourth-order valence-corrected chi connectivity index (χ4v) is 1.09. The Morgan fingerprint density at radius 3 is 2.76 bits per heavy atom. The quantitative estimate of drug-likeness (QED) is 0.629. The number of hydrogen-bond donors (Lipinski definition) is 1. The summed E-state index contributed by atoms with van der Waals surface area (Å²) >= 11 is 0. The van der Waals surface area contributed by atoms with E-state index in [9.17, 15) is 14.0 Å². The third-order valence-electron chi connectivity index (χ3n) is 2.01. The fourth-order valence-electron chi connectivity index (χ4n) is 1.09. The Kier molecular flexibility index (Phi) is 4.39. The number of benzene rings is 1. The van der Waals surface area contributed by atoms with Crippen LogP contribution in [0, 0.1) is 5.82 Å². The Labute approximate surface area is 97.3 Å². The molecule has 0 atom stereocenters. The van der Waals surface area contributed by atoms with Crippen molar-refractivity contribution in [3.05, 3.63) is 41.2 Å². The molecule has 0 unspecified atom stereocenters. The lowest BCUT2D eigenvalue weighted by Gasteiger charge is -2.04. The van der Waals surface area contributed by atoms with Crippen molar-refractivity contribution in [2.45, 2.75) is 6.92 Å². The van der Waals surface area contributed by atoms with Crippen LogP contribution in [0.15, 0.2) is 29.8 Å². The number of carboxylic acid groups (broad SMARTS) is 1. The number of aldehydes is 1. The Balaban J connectivity index is 2.69. The lowest BCUT2D eigenvalue weighted by atomic mass is 10.2. The van der Waals surface area contributed by atoms with Crippen LogP contribution in [0.1, 0.15) is 17.3 Å². The summed E-state index contributed by atoms with van der Waals surface area (Å²) < 4.78 is 18.1. The molecule has 0 aromatic heterocycles. The van der Waals surface area contributed by atoms with Crippen LogP contribution in [-0.4, -0.2) is 24.0 Å². The van der Waals surface area contributed by atoms with Gasteiger partial charge in [-0.05, 0) is 25.1 Å². The van der Waals surface area contributed by atoms with Crippen molar-refractivity contribution in [1.29, 1.82) is 0 Å². The zero-order chi connectivity index (χ0) is 12.8. The van der Waals surface area contributed by atoms with E-state index in [0.717, 1.165) is 12.1 Å². The highest BCUT2D eigenvalue weighted by molar-refractivity contribution is 5.85. The van der Waals surface area contributed by atoms with E-state index in [2.05, 4.69) is 0 Å². The highest BCUT2D eigenvalue weighted by Gasteiger charge is 2.02. The molecule has 0 amide bonds. The number of halogens is 1. The van der Waals surface area contributed by atoms with E-state index in [1.54, 1.807) is 0 Å². The Morgan fingerprint density at radius 2 is 2.18 bits per heavy atom. The second-order valence-corrected chi connectivity index (χ2v) is 3.34. The Bertz CT molecular complexity index is 466. The fraction of sp³-hybridized carbons (Fsp3) is 0.167. The standard InChI is InChI=1S/C12H11FO4/c1-8(12(15)16)2-3-17-11-5-9(7-14)4-10(13)6-11/h2,4-7H,3H2,1H3,(H,15,16)/b8-2-. The minimum absolute atomic E-state index is 0.000115. The molecule has 0 fully saturated rings. The van der Waals surface area contributed by atoms with Crippen molar-refractivity contribution in [1.82, 2.24) is 0 Å². The zero-order valence-corrected chi connectivity index (χ0v) is 9.14. The lowest BCUT2D eigenvalue weighted by Crippen LogP contribution is -2.01. The number of carbonyl (C=O) groups is 2. The molecule has 0 aliphatic carbocycles. The summed E-state index contributed by atoms with van der Waals surface area (Å²) in [4.78, 5) is 20.9. The van der Waals surface area contributed by atoms with Gasteiger partial charge in [-0.3, -0.25) is 4.79 Å². The summed E-state index contributed by atoms with van der Waals surface area (Å²) in [6, 6.07) is 3.58. The molecule has 1 N–H and O–H groups in total. The van der Waals surface area contributed by atoms with Gasteiger partial charge in [-0.25, -0.2) is 9.18 Å². The molecule has 17 heavy (non-hydrogen) atoms. The second kappa shape index (κ2) is 5.79. The van der Waals surface area contributed by atoms with Crippen molar-refractivity contribution in [2.24, 2.45) is 0 Å². The summed E-state index contributed by atoms with van der Waals surface area (Å²) in [5.41, 5.74) is 0.302. The smallest absolute Gasteiger partial charge is 0.331 e. The average Bonchev–Trinajstić information content (AvgIpc) is 2.27. The summed E-state index contributed by atoms with van der Waals surface area (Å²) in [6.45, 7) is 1.42. The minimum Gasteiger partial charge on any atom is -0.489 e. The first-order valence-electron chi connectivity index (χ1n) is 4.81. The van der Waals surface area contributed by atoms with Crippen LogP contribution < -0.4 is 4.74 Å². The highest BCUT2D eigenvalue weighted by atomic mass is 19.1. The van der Waals surface area contributed by atoms with E-state index in [4.69, 9.17) is 9.84 Å². The number of carboxylic acids is 1. The number of carbonyl (C=O) groups excluding carboxylic acids is 1. The molecular formula is C12H11FO4. The van der Waals surface area contributed by atoms with Gasteiger partial charge in [0, 0.05) is 17.2 Å². The number of aliphatic carboxylic acids is 1. The van der Waals surface area contributed by atoms with Gasteiger partial charge >= 0.3 is 5.97 Å². The number of hydrogen-bond acceptors (Lipinski definition) is 3. The molecule has 90 valence electrons. The maximum Gasteiger partial charge on any atom is 0.331 e. The lowest BCUT2D eigenvalue weighted by molar-refractivity contribution is -0.132. The normalized spacial score (nSPS) is 11.1. The predicted molar refractivity (Wildman–Crippen MR) is 58.7 cm³/mol. The van der Waals surface area contributed by atoms with Gasteiger partial charge in [-0.15, -0.1) is 0 Å². The molecule has 0 aliphatic rings. The molecule has 0 bridgehead atoms. The first-order valence-corrected chi connectivity index (χ1v) is 4.81. The molecule has 5 heteroatoms. The van der Waals surface area contributed by atoms with Crippen LogP contribution in [0.25, 0.3) is 0 Å². The molecule has 0 radical (unpaired) electrons. The van der Waals surface area contributed by atoms with Crippen molar-refractivity contribution < 1.29 is 23.8 Å². The molecular weight excluding hydrogens is 227 g/mol. The molecule has 0 saturated carbocycles. The third-order valence-corrected chi connectivity index (χ3v) is 2.01. The molecule has 1 aromatic rings. The molecule has 1 rings (SSSR count). The SMILES string of the molecule is C/C(=C/COc1cc(F)cc(C=O)c1)C(=O)O. The van der Waals surface area contributed by atoms with Gasteiger partial charge in [-0.1, -0.05) is 0 Å². The maximum absolute atomic E-state index is 13.0. The molecule has 0 heterocycles. The van der Waals surface area contributed by atoms with Crippen LogP contribution in [-0.2, 0) is 4.79 Å². The van der Waals surface area contributed by atoms with Crippen LogP contribution in [0.5, 0.6) is 5.75 Å². The van der Waals surface area contributed by atoms with Crippen LogP contribution in [0.3, 0.4) is 0 Å². The molecule has 1 aromatic carbocycles. The maximum atomic E-state index is 13.0. The third kappa shape index (κ3) is 4.06. The Hall–Kier alpha value is -2.17. The van der Waals surface area contributed by atoms with E-state index in [0.29, 0.717) is 6.29 Å². The molecule has 0 spiro atoms. The van der Waals surface area contributed by atoms with Crippen molar-refractivity contribution >= 4 is 12.3 Å². The summed E-state index contributed by atoms with van der Waals surface area (Å²) in [7, 11) is 0. The first kappa shape index (κ1) is 12.9. The van der Waals surface area contributed by atoms with Gasteiger partial charge in [0.2, 0.25) is 0 Å². The van der Waals surface area contributed by atoms with Crippen LogP contribution in [0.2, 0.25) is 0 Å². The number of rotatable bonds is 5. The van der Waals surface area contributed by atoms with Crippen molar-refractivity contribution in [2.75, 3.05) is 6.61 Å². The molecule has 0 aliphatic heterocycles. The minimum atomic E-state index is -1.04. The second-order valence-electron chi connectivity index (χ2n) is 3.34. The first-order chi connectivity index (χ1) is 8.02. The summed E-state index contributed by atoms with van der Waals surface area (Å²) in [6.07, 6.45) is 1.86. The molecule has 0 saturated heterocycles. The molecule has 4 nitrogen and oxygen atoms in total. The van der Waals surface area contributed by atoms with Gasteiger partial charge in [0.1, 0.15) is 24.5 Å². The van der Waals surface area contributed by atoms with E-state index in [1.807, 2.05) is 0 Å². The van der Waals surface area contributed by atoms with E-state index < -0.39 is 11.8 Å². The zero-order valence-electron chi connectivity index (χ0n) is 9.14. The van der Waals surface area contributed by atoms with E-state index in [1.165, 1.54) is 19.1 Å².